The van der Waals surface area contributed by atoms with E-state index in [4.69, 9.17) is 15.2 Å². The lowest BCUT2D eigenvalue weighted by molar-refractivity contribution is -0.147. The van der Waals surface area contributed by atoms with Gasteiger partial charge in [0.05, 0.1) is 13.0 Å². The third-order valence-electron chi connectivity index (χ3n) is 3.22. The number of carbonyl (C=O) groups is 1. The molecule has 2 unspecified atom stereocenters. The molecule has 0 saturated carbocycles. The van der Waals surface area contributed by atoms with Crippen LogP contribution in [0.25, 0.3) is 0 Å². The quantitative estimate of drug-likeness (QED) is 0.709. The summed E-state index contributed by atoms with van der Waals surface area (Å²) in [6.45, 7) is 3.49. The molecule has 1 heterocycles. The minimum atomic E-state index is -0.184. The van der Waals surface area contributed by atoms with E-state index in [0.717, 1.165) is 32.5 Å². The van der Waals surface area contributed by atoms with E-state index in [2.05, 4.69) is 0 Å². The van der Waals surface area contributed by atoms with Gasteiger partial charge in [-0.2, -0.15) is 0 Å². The zero-order chi connectivity index (χ0) is 11.3. The van der Waals surface area contributed by atoms with Crippen LogP contribution in [0.3, 0.4) is 0 Å². The van der Waals surface area contributed by atoms with Gasteiger partial charge in [-0.25, -0.2) is 0 Å². The molecule has 1 fully saturated rings. The summed E-state index contributed by atoms with van der Waals surface area (Å²) in [7, 11) is 1.42. The van der Waals surface area contributed by atoms with Crippen LogP contribution in [0.15, 0.2) is 0 Å². The molecule has 0 radical (unpaired) electrons. The van der Waals surface area contributed by atoms with Crippen molar-refractivity contribution in [3.63, 3.8) is 0 Å². The van der Waals surface area contributed by atoms with Crippen molar-refractivity contribution in [1.29, 1.82) is 0 Å². The molecular weight excluding hydrogens is 194 g/mol. The molecule has 88 valence electrons. The van der Waals surface area contributed by atoms with E-state index in [9.17, 15) is 4.79 Å². The maximum absolute atomic E-state index is 11.5. The average Bonchev–Trinajstić information content (AvgIpc) is 2.30. The minimum Gasteiger partial charge on any atom is -0.469 e. The SMILES string of the molecule is CCC(C(=O)OC)C(N)C1CCOCC1. The summed E-state index contributed by atoms with van der Waals surface area (Å²) < 4.78 is 10.0. The molecule has 0 aromatic rings. The van der Waals surface area contributed by atoms with Crippen molar-refractivity contribution < 1.29 is 14.3 Å². The van der Waals surface area contributed by atoms with Crippen LogP contribution in [0.1, 0.15) is 26.2 Å². The predicted octanol–water partition coefficient (Wildman–Crippen LogP) is 0.940. The first-order chi connectivity index (χ1) is 7.20. The molecule has 2 N–H and O–H groups in total. The second kappa shape index (κ2) is 6.08. The molecule has 2 atom stereocenters. The maximum atomic E-state index is 11.5. The number of esters is 1. The third-order valence-corrected chi connectivity index (χ3v) is 3.22. The van der Waals surface area contributed by atoms with Gasteiger partial charge in [0.2, 0.25) is 0 Å². The highest BCUT2D eigenvalue weighted by Gasteiger charge is 2.31. The van der Waals surface area contributed by atoms with Gasteiger partial charge in [-0.3, -0.25) is 4.79 Å². The highest BCUT2D eigenvalue weighted by molar-refractivity contribution is 5.73. The van der Waals surface area contributed by atoms with E-state index in [-0.39, 0.29) is 17.9 Å². The molecule has 0 aliphatic carbocycles. The first kappa shape index (κ1) is 12.5. The Kier molecular flexibility index (Phi) is 5.05. The lowest BCUT2D eigenvalue weighted by atomic mass is 9.83. The van der Waals surface area contributed by atoms with Gasteiger partial charge < -0.3 is 15.2 Å². The van der Waals surface area contributed by atoms with Crippen LogP contribution in [0.4, 0.5) is 0 Å². The molecule has 0 aromatic heterocycles. The Morgan fingerprint density at radius 1 is 1.53 bits per heavy atom. The zero-order valence-electron chi connectivity index (χ0n) is 9.57. The third kappa shape index (κ3) is 3.18. The Morgan fingerprint density at radius 3 is 2.60 bits per heavy atom. The maximum Gasteiger partial charge on any atom is 0.310 e. The average molecular weight is 215 g/mol. The van der Waals surface area contributed by atoms with Crippen LogP contribution in [-0.4, -0.2) is 32.3 Å². The fourth-order valence-corrected chi connectivity index (χ4v) is 2.18. The normalized spacial score (nSPS) is 22.1. The van der Waals surface area contributed by atoms with Gasteiger partial charge in [0.1, 0.15) is 0 Å². The first-order valence-electron chi connectivity index (χ1n) is 5.61. The molecule has 0 aromatic carbocycles. The molecular formula is C11H21NO3. The van der Waals surface area contributed by atoms with E-state index in [1.54, 1.807) is 0 Å². The van der Waals surface area contributed by atoms with Gasteiger partial charge in [0.25, 0.3) is 0 Å². The molecule has 4 nitrogen and oxygen atoms in total. The van der Waals surface area contributed by atoms with Gasteiger partial charge in [-0.1, -0.05) is 6.92 Å². The van der Waals surface area contributed by atoms with Crippen molar-refractivity contribution in [1.82, 2.24) is 0 Å². The van der Waals surface area contributed by atoms with Gasteiger partial charge in [-0.15, -0.1) is 0 Å². The lowest BCUT2D eigenvalue weighted by Crippen LogP contribution is -2.43. The lowest BCUT2D eigenvalue weighted by Gasteiger charge is -2.31. The minimum absolute atomic E-state index is 0.0913. The molecule has 0 bridgehead atoms. The fourth-order valence-electron chi connectivity index (χ4n) is 2.18. The first-order valence-corrected chi connectivity index (χ1v) is 5.61. The van der Waals surface area contributed by atoms with Gasteiger partial charge in [-0.05, 0) is 25.2 Å². The summed E-state index contributed by atoms with van der Waals surface area (Å²) in [4.78, 5) is 11.5. The number of hydrogen-bond donors (Lipinski definition) is 1. The monoisotopic (exact) mass is 215 g/mol. The van der Waals surface area contributed by atoms with E-state index in [1.807, 2.05) is 6.92 Å². The van der Waals surface area contributed by atoms with E-state index < -0.39 is 0 Å². The molecule has 1 aliphatic heterocycles. The largest absolute Gasteiger partial charge is 0.469 e. The van der Waals surface area contributed by atoms with E-state index >= 15 is 0 Å². The van der Waals surface area contributed by atoms with Gasteiger partial charge in [0.15, 0.2) is 0 Å². The van der Waals surface area contributed by atoms with Crippen molar-refractivity contribution in [3.8, 4) is 0 Å². The molecule has 1 rings (SSSR count). The number of nitrogens with two attached hydrogens (primary N) is 1. The van der Waals surface area contributed by atoms with Crippen LogP contribution in [-0.2, 0) is 14.3 Å². The molecule has 4 heteroatoms. The number of rotatable bonds is 4. The molecule has 1 saturated heterocycles. The molecule has 1 aliphatic rings. The van der Waals surface area contributed by atoms with Crippen LogP contribution < -0.4 is 5.73 Å². The van der Waals surface area contributed by atoms with E-state index in [0.29, 0.717) is 5.92 Å². The molecule has 0 spiro atoms. The molecule has 15 heavy (non-hydrogen) atoms. The van der Waals surface area contributed by atoms with Crippen molar-refractivity contribution >= 4 is 5.97 Å². The number of methoxy groups -OCH3 is 1. The van der Waals surface area contributed by atoms with Crippen molar-refractivity contribution in [3.05, 3.63) is 0 Å². The highest BCUT2D eigenvalue weighted by atomic mass is 16.5. The Balaban J connectivity index is 2.54. The number of hydrogen-bond acceptors (Lipinski definition) is 4. The fraction of sp³-hybridized carbons (Fsp3) is 0.909. The van der Waals surface area contributed by atoms with Crippen LogP contribution in [0.2, 0.25) is 0 Å². The van der Waals surface area contributed by atoms with Crippen LogP contribution in [0, 0.1) is 11.8 Å². The number of carbonyl (C=O) groups excluding carboxylic acids is 1. The van der Waals surface area contributed by atoms with E-state index in [1.165, 1.54) is 7.11 Å². The second-order valence-electron chi connectivity index (χ2n) is 4.07. The second-order valence-corrected chi connectivity index (χ2v) is 4.07. The smallest absolute Gasteiger partial charge is 0.310 e. The van der Waals surface area contributed by atoms with Crippen molar-refractivity contribution in [2.24, 2.45) is 17.6 Å². The van der Waals surface area contributed by atoms with Gasteiger partial charge >= 0.3 is 5.97 Å². The Bertz CT molecular complexity index is 202. The Morgan fingerprint density at radius 2 is 2.13 bits per heavy atom. The number of ether oxygens (including phenoxy) is 2. The Hall–Kier alpha value is -0.610. The topological polar surface area (TPSA) is 61.5 Å². The Labute approximate surface area is 91.1 Å². The summed E-state index contributed by atoms with van der Waals surface area (Å²) in [6.07, 6.45) is 2.65. The van der Waals surface area contributed by atoms with Crippen LogP contribution in [0.5, 0.6) is 0 Å². The molecule has 0 amide bonds. The summed E-state index contributed by atoms with van der Waals surface area (Å²) in [5.74, 6) is 0.0393. The zero-order valence-corrected chi connectivity index (χ0v) is 9.57. The summed E-state index contributed by atoms with van der Waals surface area (Å²) in [5, 5.41) is 0. The van der Waals surface area contributed by atoms with Crippen LogP contribution >= 0.6 is 0 Å². The summed E-state index contributed by atoms with van der Waals surface area (Å²) >= 11 is 0. The van der Waals surface area contributed by atoms with Crippen molar-refractivity contribution in [2.75, 3.05) is 20.3 Å². The van der Waals surface area contributed by atoms with Gasteiger partial charge in [0, 0.05) is 19.3 Å². The van der Waals surface area contributed by atoms with Crippen molar-refractivity contribution in [2.45, 2.75) is 32.2 Å². The summed E-state index contributed by atoms with van der Waals surface area (Å²) in [6, 6.07) is -0.0913. The highest BCUT2D eigenvalue weighted by Crippen LogP contribution is 2.24. The predicted molar refractivity (Wildman–Crippen MR) is 57.3 cm³/mol. The summed E-state index contributed by atoms with van der Waals surface area (Å²) in [5.41, 5.74) is 6.12. The standard InChI is InChI=1S/C11H21NO3/c1-3-9(11(13)14-2)10(12)8-4-6-15-7-5-8/h8-10H,3-7,12H2,1-2H3.